The topological polar surface area (TPSA) is 52.1 Å². The van der Waals surface area contributed by atoms with Crippen molar-refractivity contribution in [3.63, 3.8) is 0 Å². The van der Waals surface area contributed by atoms with E-state index in [1.54, 1.807) is 25.1 Å². The van der Waals surface area contributed by atoms with E-state index in [9.17, 15) is 4.79 Å². The fraction of sp³-hybridized carbons (Fsp3) is 0.312. The zero-order chi connectivity index (χ0) is 14.7. The molecule has 4 nitrogen and oxygen atoms in total. The van der Waals surface area contributed by atoms with E-state index in [1.807, 2.05) is 32.9 Å². The molecule has 20 heavy (non-hydrogen) atoms. The van der Waals surface area contributed by atoms with Crippen LogP contribution in [0.2, 0.25) is 0 Å². The van der Waals surface area contributed by atoms with Crippen LogP contribution in [0.3, 0.4) is 0 Å². The molecule has 0 amide bonds. The summed E-state index contributed by atoms with van der Waals surface area (Å²) >= 11 is 0. The molecule has 2 rings (SSSR count). The highest BCUT2D eigenvalue weighted by atomic mass is 16.5. The van der Waals surface area contributed by atoms with E-state index in [-0.39, 0.29) is 11.9 Å². The number of aryl methyl sites for hydroxylation is 2. The first-order valence-corrected chi connectivity index (χ1v) is 6.59. The molecule has 0 aliphatic rings. The lowest BCUT2D eigenvalue weighted by Crippen LogP contribution is -2.08. The van der Waals surface area contributed by atoms with Gasteiger partial charge in [0.15, 0.2) is 5.78 Å². The summed E-state index contributed by atoms with van der Waals surface area (Å²) in [6, 6.07) is 8.93. The number of ether oxygens (including phenoxy) is 1. The van der Waals surface area contributed by atoms with E-state index >= 15 is 0 Å². The number of hydrogen-bond donors (Lipinski definition) is 0. The van der Waals surface area contributed by atoms with Crippen LogP contribution in [0.25, 0.3) is 0 Å². The number of aromatic nitrogens is 2. The molecule has 0 saturated heterocycles. The summed E-state index contributed by atoms with van der Waals surface area (Å²) in [6.07, 6.45) is 0.117. The summed E-state index contributed by atoms with van der Waals surface area (Å²) in [6.45, 7) is 7.54. The Labute approximate surface area is 118 Å². The normalized spacial score (nSPS) is 10.7. The molecule has 0 radical (unpaired) electrons. The van der Waals surface area contributed by atoms with Crippen molar-refractivity contribution in [2.45, 2.75) is 33.8 Å². The monoisotopic (exact) mass is 270 g/mol. The Bertz CT molecular complexity index is 619. The highest BCUT2D eigenvalue weighted by molar-refractivity contribution is 6.09. The third kappa shape index (κ3) is 3.20. The van der Waals surface area contributed by atoms with Gasteiger partial charge >= 0.3 is 0 Å². The third-order valence-corrected chi connectivity index (χ3v) is 2.83. The van der Waals surface area contributed by atoms with Crippen molar-refractivity contribution in [2.24, 2.45) is 0 Å². The van der Waals surface area contributed by atoms with Gasteiger partial charge in [0.05, 0.1) is 17.5 Å². The van der Waals surface area contributed by atoms with Gasteiger partial charge in [0.1, 0.15) is 5.75 Å². The Morgan fingerprint density at radius 3 is 2.35 bits per heavy atom. The Morgan fingerprint density at radius 2 is 1.75 bits per heavy atom. The average molecular weight is 270 g/mol. The number of carbonyl (C=O) groups excluding carboxylic acids is 1. The van der Waals surface area contributed by atoms with Gasteiger partial charge in [-0.15, -0.1) is 0 Å². The maximum Gasteiger partial charge on any atom is 0.194 e. The van der Waals surface area contributed by atoms with Crippen LogP contribution >= 0.6 is 0 Å². The molecule has 4 heteroatoms. The summed E-state index contributed by atoms with van der Waals surface area (Å²) in [5, 5.41) is 7.93. The van der Waals surface area contributed by atoms with E-state index < -0.39 is 0 Å². The average Bonchev–Trinajstić information content (AvgIpc) is 2.41. The maximum absolute atomic E-state index is 12.4. The summed E-state index contributed by atoms with van der Waals surface area (Å²) in [5.41, 5.74) is 2.59. The Hall–Kier alpha value is -2.23. The molecule has 2 aromatic rings. The Morgan fingerprint density at radius 1 is 1.10 bits per heavy atom. The molecule has 0 spiro atoms. The molecular weight excluding hydrogens is 252 g/mol. The van der Waals surface area contributed by atoms with Gasteiger partial charge in [-0.2, -0.15) is 10.2 Å². The predicted molar refractivity (Wildman–Crippen MR) is 77.1 cm³/mol. The SMILES string of the molecule is Cc1cc(C(=O)c2ccc(OC(C)C)cc2)c(C)nn1. The summed E-state index contributed by atoms with van der Waals surface area (Å²) in [4.78, 5) is 12.4. The first-order valence-electron chi connectivity index (χ1n) is 6.59. The minimum atomic E-state index is -0.0448. The fourth-order valence-electron chi connectivity index (χ4n) is 1.89. The van der Waals surface area contributed by atoms with E-state index in [2.05, 4.69) is 10.2 Å². The van der Waals surface area contributed by atoms with E-state index in [0.717, 1.165) is 11.4 Å². The molecule has 0 saturated carbocycles. The maximum atomic E-state index is 12.4. The van der Waals surface area contributed by atoms with Gasteiger partial charge in [0, 0.05) is 11.1 Å². The lowest BCUT2D eigenvalue weighted by molar-refractivity contribution is 0.103. The molecule has 0 fully saturated rings. The number of carbonyl (C=O) groups is 1. The third-order valence-electron chi connectivity index (χ3n) is 2.83. The van der Waals surface area contributed by atoms with Crippen molar-refractivity contribution in [3.05, 3.63) is 52.8 Å². The minimum absolute atomic E-state index is 0.0448. The quantitative estimate of drug-likeness (QED) is 0.801. The molecule has 0 aliphatic carbocycles. The van der Waals surface area contributed by atoms with Gasteiger partial charge in [-0.1, -0.05) is 0 Å². The highest BCUT2D eigenvalue weighted by Crippen LogP contribution is 2.17. The number of benzene rings is 1. The molecule has 0 aliphatic heterocycles. The molecular formula is C16H18N2O2. The van der Waals surface area contributed by atoms with Gasteiger partial charge in [-0.25, -0.2) is 0 Å². The van der Waals surface area contributed by atoms with Gasteiger partial charge in [0.2, 0.25) is 0 Å². The van der Waals surface area contributed by atoms with Crippen LogP contribution < -0.4 is 4.74 Å². The molecule has 0 N–H and O–H groups in total. The Balaban J connectivity index is 2.27. The molecule has 1 aromatic carbocycles. The number of ketones is 1. The van der Waals surface area contributed by atoms with Crippen LogP contribution in [0.15, 0.2) is 30.3 Å². The van der Waals surface area contributed by atoms with Crippen LogP contribution in [0.1, 0.15) is 41.2 Å². The van der Waals surface area contributed by atoms with Crippen molar-refractivity contribution < 1.29 is 9.53 Å². The van der Waals surface area contributed by atoms with Gasteiger partial charge in [-0.05, 0) is 58.0 Å². The highest BCUT2D eigenvalue weighted by Gasteiger charge is 2.13. The molecule has 104 valence electrons. The molecule has 1 heterocycles. The first kappa shape index (κ1) is 14.2. The van der Waals surface area contributed by atoms with E-state index in [1.165, 1.54) is 0 Å². The summed E-state index contributed by atoms with van der Waals surface area (Å²) in [5.74, 6) is 0.717. The summed E-state index contributed by atoms with van der Waals surface area (Å²) < 4.78 is 5.56. The van der Waals surface area contributed by atoms with Crippen molar-refractivity contribution in [1.82, 2.24) is 10.2 Å². The molecule has 0 atom stereocenters. The standard InChI is InChI=1S/C16H18N2O2/c1-10(2)20-14-7-5-13(6-8-14)16(19)15-9-11(3)17-18-12(15)4/h5-10H,1-4H3. The van der Waals surface area contributed by atoms with Crippen molar-refractivity contribution >= 4 is 5.78 Å². The fourth-order valence-corrected chi connectivity index (χ4v) is 1.89. The second kappa shape index (κ2) is 5.82. The van der Waals surface area contributed by atoms with Gasteiger partial charge < -0.3 is 4.74 Å². The zero-order valence-corrected chi connectivity index (χ0v) is 12.2. The lowest BCUT2D eigenvalue weighted by atomic mass is 10.0. The largest absolute Gasteiger partial charge is 0.491 e. The predicted octanol–water partition coefficient (Wildman–Crippen LogP) is 3.11. The lowest BCUT2D eigenvalue weighted by Gasteiger charge is -2.10. The zero-order valence-electron chi connectivity index (χ0n) is 12.2. The number of nitrogens with zero attached hydrogens (tertiary/aromatic N) is 2. The smallest absolute Gasteiger partial charge is 0.194 e. The van der Waals surface area contributed by atoms with E-state index in [4.69, 9.17) is 4.74 Å². The second-order valence-corrected chi connectivity index (χ2v) is 5.00. The second-order valence-electron chi connectivity index (χ2n) is 5.00. The van der Waals surface area contributed by atoms with Crippen LogP contribution in [0, 0.1) is 13.8 Å². The number of hydrogen-bond acceptors (Lipinski definition) is 4. The van der Waals surface area contributed by atoms with Crippen molar-refractivity contribution in [2.75, 3.05) is 0 Å². The van der Waals surface area contributed by atoms with Crippen LogP contribution in [0.4, 0.5) is 0 Å². The molecule has 0 unspecified atom stereocenters. The van der Waals surface area contributed by atoms with Crippen LogP contribution in [0.5, 0.6) is 5.75 Å². The van der Waals surface area contributed by atoms with E-state index in [0.29, 0.717) is 16.8 Å². The number of rotatable bonds is 4. The minimum Gasteiger partial charge on any atom is -0.491 e. The first-order chi connectivity index (χ1) is 9.47. The Kier molecular flexibility index (Phi) is 4.13. The van der Waals surface area contributed by atoms with Gasteiger partial charge in [-0.3, -0.25) is 4.79 Å². The van der Waals surface area contributed by atoms with Crippen molar-refractivity contribution in [3.8, 4) is 5.75 Å². The summed E-state index contributed by atoms with van der Waals surface area (Å²) in [7, 11) is 0. The van der Waals surface area contributed by atoms with Crippen LogP contribution in [-0.4, -0.2) is 22.1 Å². The van der Waals surface area contributed by atoms with Crippen LogP contribution in [-0.2, 0) is 0 Å². The molecule has 1 aromatic heterocycles. The molecule has 0 bridgehead atoms. The van der Waals surface area contributed by atoms with Gasteiger partial charge in [0.25, 0.3) is 0 Å². The van der Waals surface area contributed by atoms with Crippen molar-refractivity contribution in [1.29, 1.82) is 0 Å².